The Morgan fingerprint density at radius 3 is 2.74 bits per heavy atom. The van der Waals surface area contributed by atoms with E-state index in [1.165, 1.54) is 0 Å². The molecular weight excluding hydrogens is 238 g/mol. The first kappa shape index (κ1) is 11.7. The van der Waals surface area contributed by atoms with Gasteiger partial charge in [0, 0.05) is 6.20 Å². The number of benzene rings is 1. The van der Waals surface area contributed by atoms with Gasteiger partial charge in [0.05, 0.1) is 11.9 Å². The van der Waals surface area contributed by atoms with E-state index in [1.807, 2.05) is 54.8 Å². The highest BCUT2D eigenvalue weighted by molar-refractivity contribution is 5.56. The molecule has 96 valence electrons. The maximum atomic E-state index is 5.83. The lowest BCUT2D eigenvalue weighted by Gasteiger charge is -2.08. The van der Waals surface area contributed by atoms with Gasteiger partial charge in [-0.15, -0.1) is 0 Å². The summed E-state index contributed by atoms with van der Waals surface area (Å²) in [6.45, 7) is 4.43. The van der Waals surface area contributed by atoms with E-state index in [0.717, 1.165) is 22.6 Å². The molecular formula is C15H15N3O. The second-order valence-electron chi connectivity index (χ2n) is 4.52. The average Bonchev–Trinajstić information content (AvgIpc) is 2.79. The molecule has 0 spiro atoms. The van der Waals surface area contributed by atoms with Gasteiger partial charge < -0.3 is 4.74 Å². The van der Waals surface area contributed by atoms with Gasteiger partial charge in [-0.3, -0.25) is 4.40 Å². The van der Waals surface area contributed by atoms with Crippen molar-refractivity contribution in [3.8, 4) is 5.88 Å². The monoisotopic (exact) mass is 253 g/mol. The van der Waals surface area contributed by atoms with Crippen LogP contribution >= 0.6 is 0 Å². The van der Waals surface area contributed by atoms with Gasteiger partial charge in [-0.25, -0.2) is 9.97 Å². The summed E-state index contributed by atoms with van der Waals surface area (Å²) in [5, 5.41) is 0. The molecule has 2 heterocycles. The van der Waals surface area contributed by atoms with Crippen LogP contribution in [0.5, 0.6) is 5.88 Å². The minimum absolute atomic E-state index is 0.511. The Bertz CT molecular complexity index is 704. The molecule has 4 heteroatoms. The van der Waals surface area contributed by atoms with Crippen molar-refractivity contribution in [2.45, 2.75) is 20.5 Å². The van der Waals surface area contributed by atoms with E-state index >= 15 is 0 Å². The Labute approximate surface area is 111 Å². The summed E-state index contributed by atoms with van der Waals surface area (Å²) in [5.41, 5.74) is 2.94. The molecule has 0 bridgehead atoms. The van der Waals surface area contributed by atoms with Crippen LogP contribution in [0.1, 0.15) is 17.1 Å². The average molecular weight is 253 g/mol. The fraction of sp³-hybridized carbons (Fsp3) is 0.200. The van der Waals surface area contributed by atoms with E-state index < -0.39 is 0 Å². The minimum Gasteiger partial charge on any atom is -0.471 e. The number of fused-ring (bicyclic) bond motifs is 1. The number of rotatable bonds is 3. The van der Waals surface area contributed by atoms with E-state index in [1.54, 1.807) is 6.20 Å². The molecule has 0 aliphatic carbocycles. The number of hydrogen-bond acceptors (Lipinski definition) is 3. The highest BCUT2D eigenvalue weighted by atomic mass is 16.5. The van der Waals surface area contributed by atoms with Crippen molar-refractivity contribution in [1.82, 2.24) is 14.4 Å². The van der Waals surface area contributed by atoms with Crippen molar-refractivity contribution in [2.75, 3.05) is 0 Å². The first-order valence-corrected chi connectivity index (χ1v) is 6.22. The van der Waals surface area contributed by atoms with Crippen LogP contribution < -0.4 is 4.74 Å². The summed E-state index contributed by atoms with van der Waals surface area (Å²) in [4.78, 5) is 8.74. The number of ether oxygens (including phenoxy) is 1. The molecule has 0 N–H and O–H groups in total. The van der Waals surface area contributed by atoms with Crippen LogP contribution in [0, 0.1) is 13.8 Å². The van der Waals surface area contributed by atoms with Crippen LogP contribution in [0.15, 0.2) is 42.7 Å². The quantitative estimate of drug-likeness (QED) is 0.720. The topological polar surface area (TPSA) is 39.4 Å². The summed E-state index contributed by atoms with van der Waals surface area (Å²) in [5.74, 6) is 1.56. The maximum absolute atomic E-state index is 5.83. The lowest BCUT2D eigenvalue weighted by atomic mass is 10.2. The molecule has 1 aromatic carbocycles. The van der Waals surface area contributed by atoms with E-state index in [-0.39, 0.29) is 0 Å². The van der Waals surface area contributed by atoms with Crippen LogP contribution in [-0.2, 0) is 6.61 Å². The Balaban J connectivity index is 1.92. The first-order valence-electron chi connectivity index (χ1n) is 6.22. The van der Waals surface area contributed by atoms with Crippen molar-refractivity contribution in [3.05, 3.63) is 59.8 Å². The normalized spacial score (nSPS) is 10.8. The van der Waals surface area contributed by atoms with Crippen molar-refractivity contribution in [3.63, 3.8) is 0 Å². The lowest BCUT2D eigenvalue weighted by molar-refractivity contribution is 0.296. The maximum Gasteiger partial charge on any atom is 0.240 e. The van der Waals surface area contributed by atoms with Crippen LogP contribution in [0.25, 0.3) is 5.52 Å². The molecule has 0 amide bonds. The Morgan fingerprint density at radius 1 is 1.16 bits per heavy atom. The summed E-state index contributed by atoms with van der Waals surface area (Å²) in [6, 6.07) is 10.1. The van der Waals surface area contributed by atoms with Crippen molar-refractivity contribution < 1.29 is 4.74 Å². The van der Waals surface area contributed by atoms with Gasteiger partial charge in [0.25, 0.3) is 0 Å². The van der Waals surface area contributed by atoms with Gasteiger partial charge in [-0.2, -0.15) is 0 Å². The molecule has 3 rings (SSSR count). The van der Waals surface area contributed by atoms with Gasteiger partial charge in [-0.1, -0.05) is 30.3 Å². The molecule has 0 atom stereocenters. The highest BCUT2D eigenvalue weighted by Gasteiger charge is 2.08. The summed E-state index contributed by atoms with van der Waals surface area (Å²) in [6.07, 6.45) is 3.76. The molecule has 4 nitrogen and oxygen atoms in total. The van der Waals surface area contributed by atoms with E-state index in [4.69, 9.17) is 4.74 Å². The van der Waals surface area contributed by atoms with Gasteiger partial charge in [0.1, 0.15) is 17.9 Å². The third kappa shape index (κ3) is 2.29. The molecule has 0 aliphatic rings. The van der Waals surface area contributed by atoms with Gasteiger partial charge in [0.2, 0.25) is 5.88 Å². The van der Waals surface area contributed by atoms with Gasteiger partial charge in [0.15, 0.2) is 0 Å². The fourth-order valence-electron chi connectivity index (χ4n) is 2.04. The molecule has 0 aliphatic heterocycles. The predicted molar refractivity (Wildman–Crippen MR) is 73.2 cm³/mol. The van der Waals surface area contributed by atoms with Gasteiger partial charge in [-0.05, 0) is 19.4 Å². The zero-order valence-electron chi connectivity index (χ0n) is 11.0. The third-order valence-electron chi connectivity index (χ3n) is 3.01. The van der Waals surface area contributed by atoms with E-state index in [0.29, 0.717) is 12.5 Å². The van der Waals surface area contributed by atoms with Gasteiger partial charge >= 0.3 is 0 Å². The second kappa shape index (κ2) is 4.72. The summed E-state index contributed by atoms with van der Waals surface area (Å²) >= 11 is 0. The van der Waals surface area contributed by atoms with Crippen LogP contribution in [0.4, 0.5) is 0 Å². The van der Waals surface area contributed by atoms with E-state index in [2.05, 4.69) is 9.97 Å². The smallest absolute Gasteiger partial charge is 0.240 e. The SMILES string of the molecule is Cc1cn2c(C)ncc2c(OCc2ccccc2)n1. The highest BCUT2D eigenvalue weighted by Crippen LogP contribution is 2.20. The molecule has 0 unspecified atom stereocenters. The molecule has 3 aromatic rings. The van der Waals surface area contributed by atoms with Crippen LogP contribution in [-0.4, -0.2) is 14.4 Å². The number of aromatic nitrogens is 3. The van der Waals surface area contributed by atoms with Crippen LogP contribution in [0.2, 0.25) is 0 Å². The number of nitrogens with zero attached hydrogens (tertiary/aromatic N) is 3. The lowest BCUT2D eigenvalue weighted by Crippen LogP contribution is -2.01. The minimum atomic E-state index is 0.511. The third-order valence-corrected chi connectivity index (χ3v) is 3.01. The summed E-state index contributed by atoms with van der Waals surface area (Å²) < 4.78 is 7.83. The Morgan fingerprint density at radius 2 is 1.95 bits per heavy atom. The fourth-order valence-corrected chi connectivity index (χ4v) is 2.04. The van der Waals surface area contributed by atoms with Crippen LogP contribution in [0.3, 0.4) is 0 Å². The zero-order chi connectivity index (χ0) is 13.2. The predicted octanol–water partition coefficient (Wildman–Crippen LogP) is 2.93. The van der Waals surface area contributed by atoms with Crippen molar-refractivity contribution >= 4 is 5.52 Å². The van der Waals surface area contributed by atoms with Crippen molar-refractivity contribution in [1.29, 1.82) is 0 Å². The Hall–Kier alpha value is -2.36. The zero-order valence-corrected chi connectivity index (χ0v) is 11.0. The number of hydrogen-bond donors (Lipinski definition) is 0. The largest absolute Gasteiger partial charge is 0.471 e. The summed E-state index contributed by atoms with van der Waals surface area (Å²) in [7, 11) is 0. The molecule has 19 heavy (non-hydrogen) atoms. The molecule has 0 radical (unpaired) electrons. The first-order chi connectivity index (χ1) is 9.24. The Kier molecular flexibility index (Phi) is 2.91. The number of aryl methyl sites for hydroxylation is 2. The second-order valence-corrected chi connectivity index (χ2v) is 4.52. The number of imidazole rings is 1. The van der Waals surface area contributed by atoms with Crippen molar-refractivity contribution in [2.24, 2.45) is 0 Å². The molecule has 0 saturated carbocycles. The van der Waals surface area contributed by atoms with E-state index in [9.17, 15) is 0 Å². The molecule has 2 aromatic heterocycles. The molecule has 0 fully saturated rings. The standard InChI is InChI=1S/C15H15N3O/c1-11-9-18-12(2)16-8-14(18)15(17-11)19-10-13-6-4-3-5-7-13/h3-9H,10H2,1-2H3. The molecule has 0 saturated heterocycles.